The average Bonchev–Trinajstić information content (AvgIpc) is 2.67. The van der Waals surface area contributed by atoms with Gasteiger partial charge >= 0.3 is 5.97 Å². The smallest absolute Gasteiger partial charge is 0.337 e. The number of carbonyl (C=O) groups excluding carboxylic acids is 3. The third-order valence-corrected chi connectivity index (χ3v) is 4.02. The number of carbonyl (C=O) groups is 3. The van der Waals surface area contributed by atoms with Crippen LogP contribution in [0.4, 0.5) is 8.78 Å². The molecule has 0 aliphatic rings. The van der Waals surface area contributed by atoms with E-state index in [0.717, 1.165) is 17.7 Å². The predicted octanol–water partition coefficient (Wildman–Crippen LogP) is 2.53. The summed E-state index contributed by atoms with van der Waals surface area (Å²) in [7, 11) is 2.91. The van der Waals surface area contributed by atoms with Crippen LogP contribution < -0.4 is 5.32 Å². The third-order valence-electron chi connectivity index (χ3n) is 4.02. The van der Waals surface area contributed by atoms with Gasteiger partial charge in [-0.3, -0.25) is 9.59 Å². The molecule has 0 aliphatic carbocycles. The van der Waals surface area contributed by atoms with Gasteiger partial charge in [0.2, 0.25) is 5.91 Å². The lowest BCUT2D eigenvalue weighted by molar-refractivity contribution is -0.130. The van der Waals surface area contributed by atoms with Crippen LogP contribution in [-0.4, -0.2) is 43.4 Å². The van der Waals surface area contributed by atoms with E-state index in [0.29, 0.717) is 18.2 Å². The molecule has 0 heterocycles. The molecular formula is C20H20F2N2O4. The summed E-state index contributed by atoms with van der Waals surface area (Å²) in [5.74, 6) is -3.12. The molecule has 0 saturated carbocycles. The predicted molar refractivity (Wildman–Crippen MR) is 97.6 cm³/mol. The summed E-state index contributed by atoms with van der Waals surface area (Å²) in [6.45, 7) is 0.334. The van der Waals surface area contributed by atoms with E-state index in [2.05, 4.69) is 10.1 Å². The summed E-state index contributed by atoms with van der Waals surface area (Å²) in [4.78, 5) is 36.9. The van der Waals surface area contributed by atoms with E-state index < -0.39 is 23.5 Å². The highest BCUT2D eigenvalue weighted by molar-refractivity contribution is 5.94. The van der Waals surface area contributed by atoms with Gasteiger partial charge in [-0.05, 0) is 29.8 Å². The van der Waals surface area contributed by atoms with Gasteiger partial charge < -0.3 is 15.0 Å². The van der Waals surface area contributed by atoms with Gasteiger partial charge in [0.25, 0.3) is 5.91 Å². The van der Waals surface area contributed by atoms with E-state index in [9.17, 15) is 23.2 Å². The molecule has 2 aromatic carbocycles. The van der Waals surface area contributed by atoms with Gasteiger partial charge in [0.05, 0.1) is 18.2 Å². The molecule has 28 heavy (non-hydrogen) atoms. The molecular weight excluding hydrogens is 370 g/mol. The molecule has 0 radical (unpaired) electrons. The van der Waals surface area contributed by atoms with Gasteiger partial charge in [0.1, 0.15) is 11.6 Å². The zero-order valence-corrected chi connectivity index (χ0v) is 15.5. The third kappa shape index (κ3) is 5.60. The van der Waals surface area contributed by atoms with E-state index in [-0.39, 0.29) is 24.4 Å². The first-order chi connectivity index (χ1) is 13.3. The largest absolute Gasteiger partial charge is 0.465 e. The van der Waals surface area contributed by atoms with Crippen LogP contribution in [-0.2, 0) is 16.1 Å². The number of ether oxygens (including phenoxy) is 1. The topological polar surface area (TPSA) is 75.7 Å². The number of nitrogens with zero attached hydrogens (tertiary/aromatic N) is 1. The van der Waals surface area contributed by atoms with E-state index in [4.69, 9.17) is 0 Å². The summed E-state index contributed by atoms with van der Waals surface area (Å²) in [5.41, 5.74) is 0.949. The summed E-state index contributed by atoms with van der Waals surface area (Å²) in [6, 6.07) is 9.31. The number of nitrogens with one attached hydrogen (secondary N) is 1. The van der Waals surface area contributed by atoms with Crippen molar-refractivity contribution >= 4 is 17.8 Å². The van der Waals surface area contributed by atoms with Crippen LogP contribution in [0.2, 0.25) is 0 Å². The van der Waals surface area contributed by atoms with Crippen molar-refractivity contribution in [3.8, 4) is 0 Å². The molecule has 0 aromatic heterocycles. The molecule has 0 saturated heterocycles. The molecule has 2 amide bonds. The highest BCUT2D eigenvalue weighted by Gasteiger charge is 2.14. The molecule has 0 bridgehead atoms. The zero-order chi connectivity index (χ0) is 20.7. The van der Waals surface area contributed by atoms with Crippen LogP contribution >= 0.6 is 0 Å². The Kier molecular flexibility index (Phi) is 7.20. The molecule has 0 spiro atoms. The average molecular weight is 390 g/mol. The van der Waals surface area contributed by atoms with Crippen molar-refractivity contribution in [2.45, 2.75) is 13.0 Å². The first kappa shape index (κ1) is 21.0. The summed E-state index contributed by atoms with van der Waals surface area (Å²) in [6.07, 6.45) is 0.0191. The number of methoxy groups -OCH3 is 1. The Morgan fingerprint density at radius 1 is 1.07 bits per heavy atom. The monoisotopic (exact) mass is 390 g/mol. The number of halogens is 2. The zero-order valence-electron chi connectivity index (χ0n) is 15.5. The fourth-order valence-electron chi connectivity index (χ4n) is 2.47. The molecule has 6 nitrogen and oxygen atoms in total. The van der Waals surface area contributed by atoms with Crippen molar-refractivity contribution < 1.29 is 27.9 Å². The van der Waals surface area contributed by atoms with Crippen LogP contribution in [0.1, 0.15) is 32.7 Å². The minimum absolute atomic E-state index is 0.0140. The van der Waals surface area contributed by atoms with Crippen LogP contribution in [0.5, 0.6) is 0 Å². The second-order valence-corrected chi connectivity index (χ2v) is 6.07. The molecule has 2 rings (SSSR count). The van der Waals surface area contributed by atoms with Crippen molar-refractivity contribution in [1.29, 1.82) is 0 Å². The van der Waals surface area contributed by atoms with Crippen molar-refractivity contribution in [2.24, 2.45) is 0 Å². The Morgan fingerprint density at radius 2 is 1.75 bits per heavy atom. The number of hydrogen-bond donors (Lipinski definition) is 1. The van der Waals surface area contributed by atoms with Crippen molar-refractivity contribution in [3.05, 3.63) is 70.8 Å². The summed E-state index contributed by atoms with van der Waals surface area (Å²) < 4.78 is 31.0. The quantitative estimate of drug-likeness (QED) is 0.738. The van der Waals surface area contributed by atoms with Crippen LogP contribution in [0.15, 0.2) is 42.5 Å². The fraction of sp³-hybridized carbons (Fsp3) is 0.250. The highest BCUT2D eigenvalue weighted by atomic mass is 19.1. The van der Waals surface area contributed by atoms with E-state index >= 15 is 0 Å². The molecule has 0 atom stereocenters. The molecule has 8 heteroatoms. The molecule has 0 fully saturated rings. The van der Waals surface area contributed by atoms with Gasteiger partial charge in [-0.1, -0.05) is 12.1 Å². The highest BCUT2D eigenvalue weighted by Crippen LogP contribution is 2.10. The standard InChI is InChI=1S/C20H20F2N2O4/c1-24(12-13-3-5-14(6-4-13)20(27)28-2)18(25)9-10-23-19(26)16-8-7-15(21)11-17(16)22/h3-8,11H,9-10,12H2,1-2H3,(H,23,26). The van der Waals surface area contributed by atoms with Crippen molar-refractivity contribution in [2.75, 3.05) is 20.7 Å². The molecule has 2 aromatic rings. The Morgan fingerprint density at radius 3 is 2.36 bits per heavy atom. The first-order valence-electron chi connectivity index (χ1n) is 8.46. The van der Waals surface area contributed by atoms with Gasteiger partial charge in [-0.15, -0.1) is 0 Å². The van der Waals surface area contributed by atoms with Crippen LogP contribution in [0.25, 0.3) is 0 Å². The minimum atomic E-state index is -0.962. The van der Waals surface area contributed by atoms with Gasteiger partial charge in [-0.2, -0.15) is 0 Å². The second-order valence-electron chi connectivity index (χ2n) is 6.07. The molecule has 0 aliphatic heterocycles. The summed E-state index contributed by atoms with van der Waals surface area (Å²) >= 11 is 0. The SMILES string of the molecule is COC(=O)c1ccc(CN(C)C(=O)CCNC(=O)c2ccc(F)cc2F)cc1. The minimum Gasteiger partial charge on any atom is -0.465 e. The van der Waals surface area contributed by atoms with Crippen molar-refractivity contribution in [3.63, 3.8) is 0 Å². The van der Waals surface area contributed by atoms with E-state index in [1.807, 2.05) is 0 Å². The van der Waals surface area contributed by atoms with Crippen LogP contribution in [0.3, 0.4) is 0 Å². The second kappa shape index (κ2) is 9.59. The number of hydrogen-bond acceptors (Lipinski definition) is 4. The Labute approximate surface area is 161 Å². The Hall–Kier alpha value is -3.29. The lowest BCUT2D eigenvalue weighted by Crippen LogP contribution is -2.32. The lowest BCUT2D eigenvalue weighted by Gasteiger charge is -2.17. The molecule has 0 unspecified atom stereocenters. The number of rotatable bonds is 7. The lowest BCUT2D eigenvalue weighted by atomic mass is 10.1. The fourth-order valence-corrected chi connectivity index (χ4v) is 2.47. The molecule has 148 valence electrons. The number of esters is 1. The van der Waals surface area contributed by atoms with Gasteiger partial charge in [0.15, 0.2) is 0 Å². The molecule has 1 N–H and O–H groups in total. The maximum absolute atomic E-state index is 13.6. The number of benzene rings is 2. The van der Waals surface area contributed by atoms with Crippen molar-refractivity contribution in [1.82, 2.24) is 10.2 Å². The van der Waals surface area contributed by atoms with Gasteiger partial charge in [-0.25, -0.2) is 13.6 Å². The Balaban J connectivity index is 1.82. The van der Waals surface area contributed by atoms with E-state index in [1.54, 1.807) is 31.3 Å². The van der Waals surface area contributed by atoms with E-state index in [1.165, 1.54) is 12.0 Å². The Bertz CT molecular complexity index is 869. The van der Waals surface area contributed by atoms with Gasteiger partial charge in [0, 0.05) is 32.6 Å². The normalized spacial score (nSPS) is 10.3. The maximum Gasteiger partial charge on any atom is 0.337 e. The number of amides is 2. The van der Waals surface area contributed by atoms with Crippen LogP contribution in [0, 0.1) is 11.6 Å². The summed E-state index contributed by atoms with van der Waals surface area (Å²) in [5, 5.41) is 2.43. The first-order valence-corrected chi connectivity index (χ1v) is 8.46. The maximum atomic E-state index is 13.6.